The molecule has 1 aliphatic rings. The number of nitrogens with zero attached hydrogens (tertiary/aromatic N) is 3. The van der Waals surface area contributed by atoms with E-state index in [1.165, 1.54) is 38.6 Å². The van der Waals surface area contributed by atoms with Crippen molar-refractivity contribution >= 4 is 29.1 Å². The molecule has 1 aromatic heterocycles. The molecule has 0 radical (unpaired) electrons. The first-order valence-electron chi connectivity index (χ1n) is 17.9. The Hall–Kier alpha value is -5.23. The monoisotopic (exact) mass is 712 g/mol. The molecule has 0 saturated carbocycles. The van der Waals surface area contributed by atoms with Crippen molar-refractivity contribution in [3.8, 4) is 23.1 Å². The Kier molecular flexibility index (Phi) is 13.4. The summed E-state index contributed by atoms with van der Waals surface area (Å²) in [7, 11) is 1.51. The lowest BCUT2D eigenvalue weighted by Crippen LogP contribution is -2.31. The van der Waals surface area contributed by atoms with E-state index in [1.54, 1.807) is 24.3 Å². The maximum Gasteiger partial charge on any atom is 0.262 e. The van der Waals surface area contributed by atoms with Crippen molar-refractivity contribution < 1.29 is 28.2 Å². The SMILES string of the molecule is COc1cc(CCC(=O)NC(C)C)ccc1Oc1nc(Nc2ccc(OCCCN3CCCCC3)c(F)c2)ncc1C(=O)Nc1c(C)cccc1C. The van der Waals surface area contributed by atoms with Gasteiger partial charge in [-0.25, -0.2) is 9.37 Å². The number of anilines is 3. The molecule has 276 valence electrons. The number of ether oxygens (including phenoxy) is 3. The number of aryl methyl sites for hydroxylation is 3. The van der Waals surface area contributed by atoms with Crippen LogP contribution in [0.3, 0.4) is 0 Å². The van der Waals surface area contributed by atoms with Crippen LogP contribution in [0.5, 0.6) is 23.1 Å². The summed E-state index contributed by atoms with van der Waals surface area (Å²) >= 11 is 0. The predicted molar refractivity (Wildman–Crippen MR) is 201 cm³/mol. The minimum absolute atomic E-state index is 0.0415. The van der Waals surface area contributed by atoms with E-state index in [0.29, 0.717) is 42.3 Å². The number of halogens is 1. The van der Waals surface area contributed by atoms with E-state index in [4.69, 9.17) is 14.2 Å². The van der Waals surface area contributed by atoms with Crippen LogP contribution >= 0.6 is 0 Å². The Morgan fingerprint density at radius 2 is 1.71 bits per heavy atom. The Morgan fingerprint density at radius 1 is 0.962 bits per heavy atom. The largest absolute Gasteiger partial charge is 0.493 e. The quantitative estimate of drug-likeness (QED) is 0.100. The minimum Gasteiger partial charge on any atom is -0.493 e. The third-order valence-electron chi connectivity index (χ3n) is 8.76. The normalized spacial score (nSPS) is 13.1. The first-order valence-corrected chi connectivity index (χ1v) is 17.9. The number of nitrogens with one attached hydrogen (secondary N) is 3. The number of piperidine rings is 1. The van der Waals surface area contributed by atoms with Crippen LogP contribution in [0.1, 0.15) is 73.0 Å². The van der Waals surface area contributed by atoms with Gasteiger partial charge in [0.25, 0.3) is 5.91 Å². The van der Waals surface area contributed by atoms with Crippen LogP contribution in [0.4, 0.5) is 21.7 Å². The lowest BCUT2D eigenvalue weighted by Gasteiger charge is -2.26. The number of hydrogen-bond donors (Lipinski definition) is 3. The Labute approximate surface area is 305 Å². The van der Waals surface area contributed by atoms with Gasteiger partial charge in [0.2, 0.25) is 17.7 Å². The van der Waals surface area contributed by atoms with Gasteiger partial charge in [-0.2, -0.15) is 4.98 Å². The molecule has 2 amide bonds. The second kappa shape index (κ2) is 18.3. The van der Waals surface area contributed by atoms with Crippen molar-refractivity contribution in [2.45, 2.75) is 72.3 Å². The van der Waals surface area contributed by atoms with E-state index in [1.807, 2.05) is 52.0 Å². The molecule has 5 rings (SSSR count). The molecule has 2 heterocycles. The molecular formula is C40H49FN6O5. The van der Waals surface area contributed by atoms with E-state index in [9.17, 15) is 9.59 Å². The van der Waals surface area contributed by atoms with Gasteiger partial charge in [0.1, 0.15) is 5.56 Å². The average molecular weight is 713 g/mol. The van der Waals surface area contributed by atoms with Crippen LogP contribution in [0.25, 0.3) is 0 Å². The smallest absolute Gasteiger partial charge is 0.262 e. The van der Waals surface area contributed by atoms with Crippen molar-refractivity contribution in [3.05, 3.63) is 88.9 Å². The summed E-state index contributed by atoms with van der Waals surface area (Å²) in [6.07, 6.45) is 6.74. The van der Waals surface area contributed by atoms with Crippen molar-refractivity contribution in [2.75, 3.05) is 44.0 Å². The van der Waals surface area contributed by atoms with Gasteiger partial charge in [0, 0.05) is 42.6 Å². The van der Waals surface area contributed by atoms with E-state index in [2.05, 4.69) is 30.8 Å². The number of methoxy groups -OCH3 is 1. The molecule has 52 heavy (non-hydrogen) atoms. The van der Waals surface area contributed by atoms with Gasteiger partial charge < -0.3 is 35.1 Å². The highest BCUT2D eigenvalue weighted by Gasteiger charge is 2.21. The van der Waals surface area contributed by atoms with Gasteiger partial charge in [-0.05, 0) is 107 Å². The fraction of sp³-hybridized carbons (Fsp3) is 0.400. The Bertz CT molecular complexity index is 1830. The van der Waals surface area contributed by atoms with Crippen LogP contribution in [0.15, 0.2) is 60.8 Å². The second-order valence-corrected chi connectivity index (χ2v) is 13.3. The summed E-state index contributed by atoms with van der Waals surface area (Å²) in [6, 6.07) is 15.7. The summed E-state index contributed by atoms with van der Waals surface area (Å²) in [5.74, 6) is -0.128. The van der Waals surface area contributed by atoms with Gasteiger partial charge in [-0.15, -0.1) is 0 Å². The third kappa shape index (κ3) is 10.6. The van der Waals surface area contributed by atoms with Crippen LogP contribution in [-0.2, 0) is 11.2 Å². The van der Waals surface area contributed by atoms with Gasteiger partial charge in [0.05, 0.1) is 13.7 Å². The molecule has 3 N–H and O–H groups in total. The molecule has 0 unspecified atom stereocenters. The average Bonchev–Trinajstić information content (AvgIpc) is 3.12. The third-order valence-corrected chi connectivity index (χ3v) is 8.76. The maximum absolute atomic E-state index is 15.1. The number of likely N-dealkylation sites (tertiary alicyclic amines) is 1. The number of rotatable bonds is 16. The van der Waals surface area contributed by atoms with E-state index >= 15 is 4.39 Å². The fourth-order valence-corrected chi connectivity index (χ4v) is 6.04. The fourth-order valence-electron chi connectivity index (χ4n) is 6.04. The summed E-state index contributed by atoms with van der Waals surface area (Å²) < 4.78 is 32.7. The number of carbonyl (C=O) groups excluding carboxylic acids is 2. The van der Waals surface area contributed by atoms with Gasteiger partial charge in [-0.3, -0.25) is 9.59 Å². The van der Waals surface area contributed by atoms with Gasteiger partial charge in [-0.1, -0.05) is 30.7 Å². The molecule has 1 fully saturated rings. The molecule has 0 aliphatic carbocycles. The molecular weight excluding hydrogens is 663 g/mol. The molecule has 1 aliphatic heterocycles. The molecule has 12 heteroatoms. The molecule has 0 bridgehead atoms. The Balaban J connectivity index is 1.34. The van der Waals surface area contributed by atoms with Crippen molar-refractivity contribution in [3.63, 3.8) is 0 Å². The maximum atomic E-state index is 15.1. The van der Waals surface area contributed by atoms with Crippen LogP contribution in [-0.4, -0.2) is 66.1 Å². The minimum atomic E-state index is -0.518. The molecule has 3 aromatic carbocycles. The van der Waals surface area contributed by atoms with Crippen molar-refractivity contribution in [1.29, 1.82) is 0 Å². The zero-order valence-corrected chi connectivity index (χ0v) is 30.7. The number of benzene rings is 3. The van der Waals surface area contributed by atoms with Gasteiger partial charge in [0.15, 0.2) is 23.1 Å². The van der Waals surface area contributed by atoms with Crippen LogP contribution in [0, 0.1) is 19.7 Å². The molecule has 11 nitrogen and oxygen atoms in total. The second-order valence-electron chi connectivity index (χ2n) is 13.3. The lowest BCUT2D eigenvalue weighted by atomic mass is 10.1. The highest BCUT2D eigenvalue weighted by atomic mass is 19.1. The van der Waals surface area contributed by atoms with Crippen LogP contribution in [0.2, 0.25) is 0 Å². The summed E-state index contributed by atoms with van der Waals surface area (Å²) in [5, 5.41) is 8.88. The predicted octanol–water partition coefficient (Wildman–Crippen LogP) is 7.74. The van der Waals surface area contributed by atoms with E-state index in [0.717, 1.165) is 42.7 Å². The van der Waals surface area contributed by atoms with Crippen LogP contribution < -0.4 is 30.2 Å². The summed E-state index contributed by atoms with van der Waals surface area (Å²) in [5.41, 5.74) is 3.80. The highest BCUT2D eigenvalue weighted by Crippen LogP contribution is 2.35. The number of amides is 2. The summed E-state index contributed by atoms with van der Waals surface area (Å²) in [6.45, 7) is 11.2. The first kappa shape index (κ1) is 38.0. The van der Waals surface area contributed by atoms with E-state index < -0.39 is 11.7 Å². The number of carbonyl (C=O) groups is 2. The van der Waals surface area contributed by atoms with Gasteiger partial charge >= 0.3 is 0 Å². The van der Waals surface area contributed by atoms with E-state index in [-0.39, 0.29) is 35.1 Å². The molecule has 1 saturated heterocycles. The first-order chi connectivity index (χ1) is 25.1. The zero-order valence-electron chi connectivity index (χ0n) is 30.7. The topological polar surface area (TPSA) is 127 Å². The molecule has 0 spiro atoms. The summed E-state index contributed by atoms with van der Waals surface area (Å²) in [4.78, 5) is 37.2. The van der Waals surface area contributed by atoms with Crippen molar-refractivity contribution in [1.82, 2.24) is 20.2 Å². The number of hydrogen-bond acceptors (Lipinski definition) is 9. The standard InChI is InChI=1S/C40H49FN6O5/c1-26(2)43-36(48)18-14-29-13-16-34(35(23-29)50-5)52-39-31(38(49)45-37-27(3)11-9-12-28(37)4)25-42-40(46-39)44-30-15-17-33(32(41)24-30)51-22-10-21-47-19-7-6-8-20-47/h9,11-13,15-17,23-26H,6-8,10,14,18-22H2,1-5H3,(H,43,48)(H,45,49)(H,42,44,46). The molecule has 0 atom stereocenters. The Morgan fingerprint density at radius 3 is 2.42 bits per heavy atom. The van der Waals surface area contributed by atoms with Crippen molar-refractivity contribution in [2.24, 2.45) is 0 Å². The number of aromatic nitrogens is 2. The zero-order chi connectivity index (χ0) is 37.0. The molecule has 4 aromatic rings. The highest BCUT2D eigenvalue weighted by molar-refractivity contribution is 6.06. The lowest BCUT2D eigenvalue weighted by molar-refractivity contribution is -0.121. The number of para-hydroxylation sites is 1.